The maximum absolute atomic E-state index is 11.7. The van der Waals surface area contributed by atoms with Crippen LogP contribution in [0, 0.1) is 6.92 Å². The summed E-state index contributed by atoms with van der Waals surface area (Å²) in [6.45, 7) is 4.54. The minimum atomic E-state index is 0.0222. The fraction of sp³-hybridized carbons (Fsp3) is 0.357. The summed E-state index contributed by atoms with van der Waals surface area (Å²) in [7, 11) is 0. The summed E-state index contributed by atoms with van der Waals surface area (Å²) in [5, 5.41) is 0. The highest BCUT2D eigenvalue weighted by Gasteiger charge is 2.26. The molecule has 1 aliphatic heterocycles. The second kappa shape index (κ2) is 5.04. The average molecular weight is 232 g/mol. The van der Waals surface area contributed by atoms with E-state index in [1.54, 1.807) is 0 Å². The van der Waals surface area contributed by atoms with Crippen LogP contribution >= 0.6 is 0 Å². The van der Waals surface area contributed by atoms with E-state index in [0.29, 0.717) is 24.5 Å². The Balaban J connectivity index is 2.18. The highest BCUT2D eigenvalue weighted by Crippen LogP contribution is 2.21. The van der Waals surface area contributed by atoms with Crippen LogP contribution in [0.5, 0.6) is 0 Å². The molecule has 0 spiro atoms. The number of ketones is 1. The predicted octanol–water partition coefficient (Wildman–Crippen LogP) is 2.38. The molecule has 0 unspecified atom stereocenters. The van der Waals surface area contributed by atoms with Gasteiger partial charge >= 0.3 is 0 Å². The lowest BCUT2D eigenvalue weighted by Crippen LogP contribution is -2.04. The molecule has 1 aromatic rings. The maximum Gasteiger partial charge on any atom is 0.287 e. The number of rotatable bonds is 4. The van der Waals surface area contributed by atoms with Gasteiger partial charge in [0.15, 0.2) is 6.61 Å². The molecule has 0 saturated heterocycles. The minimum absolute atomic E-state index is 0.0222. The van der Waals surface area contributed by atoms with Crippen LogP contribution in [0.1, 0.15) is 18.1 Å². The first-order valence-corrected chi connectivity index (χ1v) is 5.78. The Labute approximate surface area is 101 Å². The molecule has 0 aliphatic carbocycles. The van der Waals surface area contributed by atoms with E-state index in [-0.39, 0.29) is 12.4 Å². The quantitative estimate of drug-likeness (QED) is 0.799. The Hall–Kier alpha value is -1.77. The van der Waals surface area contributed by atoms with E-state index in [2.05, 4.69) is 0 Å². The van der Waals surface area contributed by atoms with Crippen molar-refractivity contribution >= 4 is 5.78 Å². The maximum atomic E-state index is 11.7. The molecule has 0 fully saturated rings. The van der Waals surface area contributed by atoms with Crippen LogP contribution in [0.3, 0.4) is 0 Å². The molecule has 3 nitrogen and oxygen atoms in total. The van der Waals surface area contributed by atoms with Crippen molar-refractivity contribution in [2.45, 2.75) is 20.3 Å². The number of hydrogen-bond donors (Lipinski definition) is 0. The third kappa shape index (κ3) is 2.67. The highest BCUT2D eigenvalue weighted by atomic mass is 16.7. The number of ether oxygens (including phenoxy) is 2. The summed E-state index contributed by atoms with van der Waals surface area (Å²) in [4.78, 5) is 11.7. The van der Waals surface area contributed by atoms with E-state index in [4.69, 9.17) is 9.47 Å². The van der Waals surface area contributed by atoms with Crippen molar-refractivity contribution in [1.82, 2.24) is 0 Å². The third-order valence-corrected chi connectivity index (χ3v) is 2.69. The molecule has 0 amide bonds. The van der Waals surface area contributed by atoms with Crippen molar-refractivity contribution < 1.29 is 14.3 Å². The first-order valence-electron chi connectivity index (χ1n) is 5.78. The number of benzene rings is 1. The predicted molar refractivity (Wildman–Crippen MR) is 64.5 cm³/mol. The minimum Gasteiger partial charge on any atom is -0.465 e. The van der Waals surface area contributed by atoms with Gasteiger partial charge in [-0.2, -0.15) is 0 Å². The van der Waals surface area contributed by atoms with Crippen LogP contribution in [0.4, 0.5) is 0 Å². The van der Waals surface area contributed by atoms with Crippen LogP contribution in [-0.4, -0.2) is 19.0 Å². The zero-order valence-electron chi connectivity index (χ0n) is 10.2. The molecule has 2 rings (SSSR count). The van der Waals surface area contributed by atoms with Gasteiger partial charge in [-0.25, -0.2) is 0 Å². The fourth-order valence-electron chi connectivity index (χ4n) is 1.76. The van der Waals surface area contributed by atoms with Gasteiger partial charge in [0.2, 0.25) is 5.78 Å². The van der Waals surface area contributed by atoms with Crippen molar-refractivity contribution in [3.8, 4) is 0 Å². The van der Waals surface area contributed by atoms with Gasteiger partial charge < -0.3 is 9.47 Å². The molecular weight excluding hydrogens is 216 g/mol. The highest BCUT2D eigenvalue weighted by molar-refractivity contribution is 5.98. The van der Waals surface area contributed by atoms with E-state index < -0.39 is 0 Å². The van der Waals surface area contributed by atoms with Gasteiger partial charge in [0, 0.05) is 6.42 Å². The van der Waals surface area contributed by atoms with Gasteiger partial charge in [-0.05, 0) is 19.4 Å². The molecule has 0 N–H and O–H groups in total. The molecule has 1 aliphatic rings. The SMILES string of the molecule is CCOC1=C(Cc2ccc(C)cc2)C(=O)CO1. The van der Waals surface area contributed by atoms with Gasteiger partial charge in [-0.15, -0.1) is 0 Å². The standard InChI is InChI=1S/C14H16O3/c1-3-16-14-12(13(15)9-17-14)8-11-6-4-10(2)5-7-11/h4-7H,3,8-9H2,1-2H3. The summed E-state index contributed by atoms with van der Waals surface area (Å²) in [6.07, 6.45) is 0.578. The lowest BCUT2D eigenvalue weighted by Gasteiger charge is -2.05. The van der Waals surface area contributed by atoms with Crippen molar-refractivity contribution in [1.29, 1.82) is 0 Å². The lowest BCUT2D eigenvalue weighted by molar-refractivity contribution is -0.117. The van der Waals surface area contributed by atoms with Crippen molar-refractivity contribution in [3.63, 3.8) is 0 Å². The molecule has 0 atom stereocenters. The smallest absolute Gasteiger partial charge is 0.287 e. The molecule has 3 heteroatoms. The third-order valence-electron chi connectivity index (χ3n) is 2.69. The first-order chi connectivity index (χ1) is 8.20. The number of carbonyl (C=O) groups is 1. The molecule has 1 aromatic carbocycles. The zero-order valence-corrected chi connectivity index (χ0v) is 10.2. The molecule has 0 aromatic heterocycles. The molecule has 0 saturated carbocycles. The van der Waals surface area contributed by atoms with Crippen molar-refractivity contribution in [2.24, 2.45) is 0 Å². The van der Waals surface area contributed by atoms with Gasteiger partial charge in [0.1, 0.15) is 0 Å². The van der Waals surface area contributed by atoms with Crippen LogP contribution in [0.25, 0.3) is 0 Å². The largest absolute Gasteiger partial charge is 0.465 e. The van der Waals surface area contributed by atoms with Crippen LogP contribution in [0.2, 0.25) is 0 Å². The molecule has 0 bridgehead atoms. The topological polar surface area (TPSA) is 35.5 Å². The van der Waals surface area contributed by atoms with Gasteiger partial charge in [0.05, 0.1) is 12.2 Å². The first kappa shape index (κ1) is 11.7. The van der Waals surface area contributed by atoms with Crippen LogP contribution < -0.4 is 0 Å². The second-order valence-corrected chi connectivity index (χ2v) is 4.07. The summed E-state index contributed by atoms with van der Waals surface area (Å²) < 4.78 is 10.5. The van der Waals surface area contributed by atoms with Crippen molar-refractivity contribution in [2.75, 3.05) is 13.2 Å². The molecule has 1 heterocycles. The Morgan fingerprint density at radius 3 is 2.65 bits per heavy atom. The summed E-state index contributed by atoms with van der Waals surface area (Å²) >= 11 is 0. The second-order valence-electron chi connectivity index (χ2n) is 4.07. The molecule has 17 heavy (non-hydrogen) atoms. The van der Waals surface area contributed by atoms with Gasteiger partial charge in [-0.1, -0.05) is 29.8 Å². The average Bonchev–Trinajstić information content (AvgIpc) is 2.65. The van der Waals surface area contributed by atoms with Gasteiger partial charge in [0.25, 0.3) is 5.95 Å². The fourth-order valence-corrected chi connectivity index (χ4v) is 1.76. The Bertz CT molecular complexity index is 443. The van der Waals surface area contributed by atoms with E-state index >= 15 is 0 Å². The normalized spacial score (nSPS) is 15.1. The van der Waals surface area contributed by atoms with E-state index in [9.17, 15) is 4.79 Å². The number of aryl methyl sites for hydroxylation is 1. The summed E-state index contributed by atoms with van der Waals surface area (Å²) in [6, 6.07) is 8.13. The lowest BCUT2D eigenvalue weighted by atomic mass is 10.0. The number of hydrogen-bond acceptors (Lipinski definition) is 3. The van der Waals surface area contributed by atoms with E-state index in [1.165, 1.54) is 5.56 Å². The molecular formula is C14H16O3. The summed E-state index contributed by atoms with van der Waals surface area (Å²) in [5.74, 6) is 0.423. The Morgan fingerprint density at radius 2 is 2.00 bits per heavy atom. The monoisotopic (exact) mass is 232 g/mol. The van der Waals surface area contributed by atoms with Crippen LogP contribution in [-0.2, 0) is 20.7 Å². The van der Waals surface area contributed by atoms with Crippen LogP contribution in [0.15, 0.2) is 35.8 Å². The molecule has 90 valence electrons. The van der Waals surface area contributed by atoms with E-state index in [0.717, 1.165) is 5.56 Å². The zero-order chi connectivity index (χ0) is 12.3. The number of carbonyl (C=O) groups excluding carboxylic acids is 1. The van der Waals surface area contributed by atoms with Gasteiger partial charge in [-0.3, -0.25) is 4.79 Å². The molecule has 0 radical (unpaired) electrons. The number of Topliss-reactive ketones (excluding diaryl/α,β-unsaturated/α-hetero) is 1. The van der Waals surface area contributed by atoms with Crippen molar-refractivity contribution in [3.05, 3.63) is 46.9 Å². The summed E-state index contributed by atoms with van der Waals surface area (Å²) in [5.41, 5.74) is 2.96. The van der Waals surface area contributed by atoms with E-state index in [1.807, 2.05) is 38.1 Å². The Morgan fingerprint density at radius 1 is 1.29 bits per heavy atom. The Kier molecular flexibility index (Phi) is 3.47.